The Morgan fingerprint density at radius 2 is 2.11 bits per heavy atom. The molecule has 2 rings (SSSR count). The number of piperidine rings is 2. The summed E-state index contributed by atoms with van der Waals surface area (Å²) in [5.74, 6) is 0.349. The Labute approximate surface area is 117 Å². The van der Waals surface area contributed by atoms with Crippen molar-refractivity contribution < 1.29 is 4.79 Å². The summed E-state index contributed by atoms with van der Waals surface area (Å²) in [7, 11) is 2.19. The van der Waals surface area contributed by atoms with E-state index in [2.05, 4.69) is 36.0 Å². The van der Waals surface area contributed by atoms with Gasteiger partial charge < -0.3 is 15.1 Å². The Bertz CT molecular complexity index is 308. The van der Waals surface area contributed by atoms with Crippen LogP contribution in [0.25, 0.3) is 0 Å². The molecule has 1 N–H and O–H groups in total. The lowest BCUT2D eigenvalue weighted by Crippen LogP contribution is -2.57. The molecule has 0 saturated carbocycles. The molecule has 0 radical (unpaired) electrons. The summed E-state index contributed by atoms with van der Waals surface area (Å²) in [5, 5.41) is 3.41. The van der Waals surface area contributed by atoms with E-state index in [1.54, 1.807) is 0 Å². The molecule has 3 unspecified atom stereocenters. The van der Waals surface area contributed by atoms with Gasteiger partial charge >= 0.3 is 0 Å². The Balaban J connectivity index is 1.93. The number of carbonyl (C=O) groups is 1. The Morgan fingerprint density at radius 3 is 2.79 bits per heavy atom. The second-order valence-electron chi connectivity index (χ2n) is 6.19. The lowest BCUT2D eigenvalue weighted by molar-refractivity contribution is -0.140. The third kappa shape index (κ3) is 3.48. The van der Waals surface area contributed by atoms with Gasteiger partial charge in [0, 0.05) is 25.2 Å². The molecule has 0 aromatic carbocycles. The zero-order valence-electron chi connectivity index (χ0n) is 12.7. The predicted molar refractivity (Wildman–Crippen MR) is 78.1 cm³/mol. The van der Waals surface area contributed by atoms with Crippen LogP contribution in [0.3, 0.4) is 0 Å². The fourth-order valence-corrected chi connectivity index (χ4v) is 3.32. The van der Waals surface area contributed by atoms with Crippen molar-refractivity contribution in [3.63, 3.8) is 0 Å². The summed E-state index contributed by atoms with van der Waals surface area (Å²) < 4.78 is 0. The van der Waals surface area contributed by atoms with Crippen LogP contribution in [-0.4, -0.2) is 60.5 Å². The smallest absolute Gasteiger partial charge is 0.239 e. The molecule has 2 aliphatic rings. The highest BCUT2D eigenvalue weighted by Gasteiger charge is 2.35. The van der Waals surface area contributed by atoms with Crippen LogP contribution >= 0.6 is 0 Å². The van der Waals surface area contributed by atoms with E-state index in [-0.39, 0.29) is 6.04 Å². The minimum atomic E-state index is 0.0728. The van der Waals surface area contributed by atoms with Crippen molar-refractivity contribution in [1.29, 1.82) is 0 Å². The van der Waals surface area contributed by atoms with Gasteiger partial charge in [-0.3, -0.25) is 4.79 Å². The van der Waals surface area contributed by atoms with Gasteiger partial charge in [-0.25, -0.2) is 0 Å². The van der Waals surface area contributed by atoms with Crippen molar-refractivity contribution >= 4 is 5.91 Å². The van der Waals surface area contributed by atoms with E-state index in [1.165, 1.54) is 0 Å². The fraction of sp³-hybridized carbons (Fsp3) is 0.933. The predicted octanol–water partition coefficient (Wildman–Crippen LogP) is 1.46. The second kappa shape index (κ2) is 6.71. The van der Waals surface area contributed by atoms with Gasteiger partial charge in [0.05, 0.1) is 6.04 Å². The van der Waals surface area contributed by atoms with Gasteiger partial charge in [-0.2, -0.15) is 0 Å². The largest absolute Gasteiger partial charge is 0.338 e. The minimum Gasteiger partial charge on any atom is -0.338 e. The van der Waals surface area contributed by atoms with Crippen molar-refractivity contribution in [3.05, 3.63) is 0 Å². The number of nitrogens with zero attached hydrogens (tertiary/aromatic N) is 2. The van der Waals surface area contributed by atoms with E-state index < -0.39 is 0 Å². The van der Waals surface area contributed by atoms with Crippen LogP contribution < -0.4 is 5.32 Å². The number of rotatable bonds is 4. The molecule has 0 aliphatic carbocycles. The molecule has 0 aromatic heterocycles. The maximum atomic E-state index is 12.6. The van der Waals surface area contributed by atoms with E-state index in [4.69, 9.17) is 0 Å². The molecular weight excluding hydrogens is 238 g/mol. The molecule has 1 amide bonds. The van der Waals surface area contributed by atoms with E-state index in [1.807, 2.05) is 0 Å². The van der Waals surface area contributed by atoms with Crippen molar-refractivity contribution in [3.8, 4) is 0 Å². The number of hydrogen-bond acceptors (Lipinski definition) is 3. The molecule has 4 heteroatoms. The van der Waals surface area contributed by atoms with Crippen LogP contribution in [0.15, 0.2) is 0 Å². The lowest BCUT2D eigenvalue weighted by Gasteiger charge is -2.44. The third-order valence-corrected chi connectivity index (χ3v) is 4.74. The first-order chi connectivity index (χ1) is 9.13. The average Bonchev–Trinajstić information content (AvgIpc) is 2.41. The van der Waals surface area contributed by atoms with Crippen molar-refractivity contribution in [2.24, 2.45) is 0 Å². The van der Waals surface area contributed by atoms with Crippen LogP contribution in [0.5, 0.6) is 0 Å². The van der Waals surface area contributed by atoms with Gasteiger partial charge in [-0.1, -0.05) is 6.92 Å². The van der Waals surface area contributed by atoms with Gasteiger partial charge in [0.15, 0.2) is 0 Å². The lowest BCUT2D eigenvalue weighted by atomic mass is 9.94. The van der Waals surface area contributed by atoms with Crippen LogP contribution in [0.4, 0.5) is 0 Å². The summed E-state index contributed by atoms with van der Waals surface area (Å²) >= 11 is 0. The number of carbonyl (C=O) groups excluding carboxylic acids is 1. The highest BCUT2D eigenvalue weighted by Crippen LogP contribution is 2.24. The molecular formula is C15H29N3O. The van der Waals surface area contributed by atoms with Crippen LogP contribution in [-0.2, 0) is 4.79 Å². The van der Waals surface area contributed by atoms with E-state index >= 15 is 0 Å². The van der Waals surface area contributed by atoms with Crippen molar-refractivity contribution in [2.75, 3.05) is 26.7 Å². The zero-order valence-corrected chi connectivity index (χ0v) is 12.7. The first-order valence-electron chi connectivity index (χ1n) is 7.87. The van der Waals surface area contributed by atoms with Gasteiger partial charge in [0.25, 0.3) is 0 Å². The highest BCUT2D eigenvalue weighted by molar-refractivity contribution is 5.83. The SMILES string of the molecule is CCCNC1CCCN(C2CCN(C)C(C)C2)C1=O. The standard InChI is InChI=1S/C15H29N3O/c1-4-8-16-14-6-5-9-18(15(14)19)13-7-10-17(3)12(2)11-13/h12-14,16H,4-11H2,1-3H3. The topological polar surface area (TPSA) is 35.6 Å². The van der Waals surface area contributed by atoms with Gasteiger partial charge in [0.1, 0.15) is 0 Å². The summed E-state index contributed by atoms with van der Waals surface area (Å²) in [6.45, 7) is 7.45. The molecule has 3 atom stereocenters. The van der Waals surface area contributed by atoms with E-state index in [0.29, 0.717) is 18.0 Å². The quantitative estimate of drug-likeness (QED) is 0.837. The number of amides is 1. The molecule has 0 spiro atoms. The summed E-state index contributed by atoms with van der Waals surface area (Å²) in [4.78, 5) is 17.1. The summed E-state index contributed by atoms with van der Waals surface area (Å²) in [6, 6.07) is 1.13. The minimum absolute atomic E-state index is 0.0728. The van der Waals surface area contributed by atoms with Crippen LogP contribution in [0.1, 0.15) is 46.0 Å². The fourth-order valence-electron chi connectivity index (χ4n) is 3.32. The summed E-state index contributed by atoms with van der Waals surface area (Å²) in [5.41, 5.74) is 0. The van der Waals surface area contributed by atoms with Crippen LogP contribution in [0, 0.1) is 0 Å². The third-order valence-electron chi connectivity index (χ3n) is 4.74. The Morgan fingerprint density at radius 1 is 1.32 bits per heavy atom. The zero-order chi connectivity index (χ0) is 13.8. The number of hydrogen-bond donors (Lipinski definition) is 1. The van der Waals surface area contributed by atoms with Gasteiger partial charge in [-0.05, 0) is 52.6 Å². The van der Waals surface area contributed by atoms with E-state index in [0.717, 1.165) is 51.7 Å². The monoisotopic (exact) mass is 267 g/mol. The van der Waals surface area contributed by atoms with Gasteiger partial charge in [0.2, 0.25) is 5.91 Å². The molecule has 2 saturated heterocycles. The molecule has 2 fully saturated rings. The molecule has 2 aliphatic heterocycles. The molecule has 0 bridgehead atoms. The Hall–Kier alpha value is -0.610. The maximum absolute atomic E-state index is 12.6. The maximum Gasteiger partial charge on any atom is 0.239 e. The van der Waals surface area contributed by atoms with Gasteiger partial charge in [-0.15, -0.1) is 0 Å². The first-order valence-corrected chi connectivity index (χ1v) is 7.87. The summed E-state index contributed by atoms with van der Waals surface area (Å²) in [6.07, 6.45) is 5.51. The van der Waals surface area contributed by atoms with E-state index in [9.17, 15) is 4.79 Å². The molecule has 0 aromatic rings. The van der Waals surface area contributed by atoms with Crippen LogP contribution in [0.2, 0.25) is 0 Å². The normalized spacial score (nSPS) is 33.7. The number of nitrogens with one attached hydrogen (secondary N) is 1. The average molecular weight is 267 g/mol. The molecule has 19 heavy (non-hydrogen) atoms. The number of likely N-dealkylation sites (tertiary alicyclic amines) is 2. The second-order valence-corrected chi connectivity index (χ2v) is 6.19. The molecule has 2 heterocycles. The Kier molecular flexibility index (Phi) is 5.22. The van der Waals surface area contributed by atoms with Crippen molar-refractivity contribution in [1.82, 2.24) is 15.1 Å². The highest BCUT2D eigenvalue weighted by atomic mass is 16.2. The first kappa shape index (κ1) is 14.8. The van der Waals surface area contributed by atoms with Crippen molar-refractivity contribution in [2.45, 2.75) is 64.1 Å². The molecule has 110 valence electrons. The molecule has 4 nitrogen and oxygen atoms in total.